The molecule has 2 nitrogen and oxygen atoms in total. The SMILES string of the molecule is OCCCCCCNC1Cc2ccc(Cl)cc2C1. The van der Waals surface area contributed by atoms with Crippen molar-refractivity contribution >= 4 is 11.6 Å². The number of hydrogen-bond acceptors (Lipinski definition) is 2. The summed E-state index contributed by atoms with van der Waals surface area (Å²) < 4.78 is 0. The number of halogens is 1. The molecule has 100 valence electrons. The molecule has 1 unspecified atom stereocenters. The quantitative estimate of drug-likeness (QED) is 0.745. The van der Waals surface area contributed by atoms with Crippen molar-refractivity contribution in [2.24, 2.45) is 0 Å². The minimum absolute atomic E-state index is 0.326. The van der Waals surface area contributed by atoms with Gasteiger partial charge in [0.25, 0.3) is 0 Å². The Kier molecular flexibility index (Phi) is 5.48. The Morgan fingerprint density at radius 3 is 2.72 bits per heavy atom. The van der Waals surface area contributed by atoms with Crippen LogP contribution in [-0.4, -0.2) is 24.3 Å². The van der Waals surface area contributed by atoms with Gasteiger partial charge < -0.3 is 10.4 Å². The van der Waals surface area contributed by atoms with Crippen molar-refractivity contribution in [2.45, 2.75) is 44.6 Å². The van der Waals surface area contributed by atoms with Gasteiger partial charge in [0.15, 0.2) is 0 Å². The third-order valence-electron chi connectivity index (χ3n) is 3.62. The number of hydrogen-bond donors (Lipinski definition) is 2. The van der Waals surface area contributed by atoms with E-state index in [0.717, 1.165) is 37.3 Å². The standard InChI is InChI=1S/C15H22ClNO/c16-14-6-5-12-10-15(11-13(12)9-14)17-7-3-1-2-4-8-18/h5-6,9,15,17-18H,1-4,7-8,10-11H2. The number of aliphatic hydroxyl groups excluding tert-OH is 1. The lowest BCUT2D eigenvalue weighted by Crippen LogP contribution is -2.30. The van der Waals surface area contributed by atoms with Crippen molar-refractivity contribution in [3.8, 4) is 0 Å². The highest BCUT2D eigenvalue weighted by Gasteiger charge is 2.20. The molecule has 0 radical (unpaired) electrons. The number of benzene rings is 1. The molecule has 0 amide bonds. The maximum absolute atomic E-state index is 8.69. The van der Waals surface area contributed by atoms with Crippen LogP contribution in [-0.2, 0) is 12.8 Å². The highest BCUT2D eigenvalue weighted by Crippen LogP contribution is 2.25. The zero-order valence-electron chi connectivity index (χ0n) is 10.8. The first-order chi connectivity index (χ1) is 8.79. The highest BCUT2D eigenvalue weighted by atomic mass is 35.5. The maximum Gasteiger partial charge on any atom is 0.0431 e. The molecule has 0 saturated heterocycles. The fourth-order valence-electron chi connectivity index (χ4n) is 2.63. The Morgan fingerprint density at radius 2 is 1.89 bits per heavy atom. The molecule has 1 aromatic rings. The van der Waals surface area contributed by atoms with E-state index in [1.54, 1.807) is 0 Å². The molecule has 1 aliphatic rings. The summed E-state index contributed by atoms with van der Waals surface area (Å²) in [7, 11) is 0. The maximum atomic E-state index is 8.69. The molecule has 3 heteroatoms. The second-order valence-electron chi connectivity index (χ2n) is 5.11. The van der Waals surface area contributed by atoms with Crippen molar-refractivity contribution in [3.05, 3.63) is 34.3 Å². The van der Waals surface area contributed by atoms with Gasteiger partial charge in [0.2, 0.25) is 0 Å². The second-order valence-corrected chi connectivity index (χ2v) is 5.55. The van der Waals surface area contributed by atoms with Gasteiger partial charge in [-0.3, -0.25) is 0 Å². The summed E-state index contributed by atoms with van der Waals surface area (Å²) in [5.41, 5.74) is 2.84. The van der Waals surface area contributed by atoms with E-state index in [4.69, 9.17) is 16.7 Å². The molecule has 2 rings (SSSR count). The van der Waals surface area contributed by atoms with Gasteiger partial charge in [-0.1, -0.05) is 30.5 Å². The molecular formula is C15H22ClNO. The topological polar surface area (TPSA) is 32.3 Å². The van der Waals surface area contributed by atoms with Gasteiger partial charge in [-0.25, -0.2) is 0 Å². The Labute approximate surface area is 114 Å². The summed E-state index contributed by atoms with van der Waals surface area (Å²) in [4.78, 5) is 0. The van der Waals surface area contributed by atoms with Gasteiger partial charge in [-0.05, 0) is 55.5 Å². The molecule has 1 atom stereocenters. The summed E-state index contributed by atoms with van der Waals surface area (Å²) >= 11 is 6.01. The minimum atomic E-state index is 0.326. The summed E-state index contributed by atoms with van der Waals surface area (Å²) in [5, 5.41) is 13.2. The molecule has 0 fully saturated rings. The summed E-state index contributed by atoms with van der Waals surface area (Å²) in [6, 6.07) is 6.81. The van der Waals surface area contributed by atoms with Crippen LogP contribution < -0.4 is 5.32 Å². The lowest BCUT2D eigenvalue weighted by molar-refractivity contribution is 0.282. The van der Waals surface area contributed by atoms with Crippen LogP contribution in [0.1, 0.15) is 36.8 Å². The van der Waals surface area contributed by atoms with E-state index in [1.165, 1.54) is 24.0 Å². The van der Waals surface area contributed by atoms with E-state index in [-0.39, 0.29) is 0 Å². The van der Waals surface area contributed by atoms with Crippen molar-refractivity contribution in [3.63, 3.8) is 0 Å². The van der Waals surface area contributed by atoms with Crippen LogP contribution in [0.25, 0.3) is 0 Å². The largest absolute Gasteiger partial charge is 0.396 e. The lowest BCUT2D eigenvalue weighted by Gasteiger charge is -2.11. The van der Waals surface area contributed by atoms with Gasteiger partial charge >= 0.3 is 0 Å². The lowest BCUT2D eigenvalue weighted by atomic mass is 10.1. The smallest absolute Gasteiger partial charge is 0.0431 e. The number of nitrogens with one attached hydrogen (secondary N) is 1. The van der Waals surface area contributed by atoms with Crippen LogP contribution in [0.15, 0.2) is 18.2 Å². The van der Waals surface area contributed by atoms with Gasteiger partial charge in [0.05, 0.1) is 0 Å². The van der Waals surface area contributed by atoms with Gasteiger partial charge in [0.1, 0.15) is 0 Å². The Morgan fingerprint density at radius 1 is 1.11 bits per heavy atom. The molecule has 2 N–H and O–H groups in total. The van der Waals surface area contributed by atoms with Crippen molar-refractivity contribution in [2.75, 3.05) is 13.2 Å². The molecule has 0 aliphatic heterocycles. The highest BCUT2D eigenvalue weighted by molar-refractivity contribution is 6.30. The van der Waals surface area contributed by atoms with Crippen molar-refractivity contribution in [1.82, 2.24) is 5.32 Å². The first-order valence-electron chi connectivity index (χ1n) is 6.91. The third-order valence-corrected chi connectivity index (χ3v) is 3.85. The van der Waals surface area contributed by atoms with Crippen LogP contribution in [0, 0.1) is 0 Å². The number of fused-ring (bicyclic) bond motifs is 1. The molecular weight excluding hydrogens is 246 g/mol. The first-order valence-corrected chi connectivity index (χ1v) is 7.29. The van der Waals surface area contributed by atoms with E-state index in [2.05, 4.69) is 17.4 Å². The van der Waals surface area contributed by atoms with Crippen molar-refractivity contribution < 1.29 is 5.11 Å². The van der Waals surface area contributed by atoms with Gasteiger partial charge in [0, 0.05) is 17.7 Å². The average Bonchev–Trinajstić information content (AvgIpc) is 2.75. The summed E-state index contributed by atoms with van der Waals surface area (Å²) in [6.07, 6.45) is 6.72. The zero-order valence-corrected chi connectivity index (χ0v) is 11.5. The van der Waals surface area contributed by atoms with Crippen LogP contribution >= 0.6 is 11.6 Å². The van der Waals surface area contributed by atoms with E-state index in [1.807, 2.05) is 6.07 Å². The molecule has 1 aromatic carbocycles. The Hall–Kier alpha value is -0.570. The molecule has 1 aliphatic carbocycles. The molecule has 0 bridgehead atoms. The molecule has 0 spiro atoms. The third kappa shape index (κ3) is 3.98. The Bertz CT molecular complexity index is 381. The fraction of sp³-hybridized carbons (Fsp3) is 0.600. The van der Waals surface area contributed by atoms with Crippen LogP contribution in [0.2, 0.25) is 5.02 Å². The second kappa shape index (κ2) is 7.13. The first kappa shape index (κ1) is 13.9. The predicted octanol–water partition coefficient (Wildman–Crippen LogP) is 2.95. The average molecular weight is 268 g/mol. The van der Waals surface area contributed by atoms with Crippen LogP contribution in [0.4, 0.5) is 0 Å². The normalized spacial score (nSPS) is 18.0. The van der Waals surface area contributed by atoms with E-state index < -0.39 is 0 Å². The van der Waals surface area contributed by atoms with Gasteiger partial charge in [-0.2, -0.15) is 0 Å². The summed E-state index contributed by atoms with van der Waals surface area (Å²) in [5.74, 6) is 0. The zero-order chi connectivity index (χ0) is 12.8. The van der Waals surface area contributed by atoms with E-state index in [9.17, 15) is 0 Å². The predicted molar refractivity (Wildman–Crippen MR) is 76.2 cm³/mol. The van der Waals surface area contributed by atoms with Crippen LogP contribution in [0.3, 0.4) is 0 Å². The van der Waals surface area contributed by atoms with Crippen molar-refractivity contribution in [1.29, 1.82) is 0 Å². The molecule has 0 aromatic heterocycles. The molecule has 18 heavy (non-hydrogen) atoms. The number of unbranched alkanes of at least 4 members (excludes halogenated alkanes) is 3. The molecule has 0 heterocycles. The monoisotopic (exact) mass is 267 g/mol. The Balaban J connectivity index is 1.65. The fourth-order valence-corrected chi connectivity index (χ4v) is 2.82. The number of rotatable bonds is 7. The van der Waals surface area contributed by atoms with Gasteiger partial charge in [-0.15, -0.1) is 0 Å². The number of aliphatic hydroxyl groups is 1. The van der Waals surface area contributed by atoms with E-state index in [0.29, 0.717) is 12.6 Å². The van der Waals surface area contributed by atoms with Crippen LogP contribution in [0.5, 0.6) is 0 Å². The van der Waals surface area contributed by atoms with E-state index >= 15 is 0 Å². The minimum Gasteiger partial charge on any atom is -0.396 e. The molecule has 0 saturated carbocycles. The summed E-state index contributed by atoms with van der Waals surface area (Å²) in [6.45, 7) is 1.41.